The lowest BCUT2D eigenvalue weighted by atomic mass is 10.2. The molecule has 0 fully saturated rings. The largest absolute Gasteiger partial charge is 0.497 e. The predicted octanol–water partition coefficient (Wildman–Crippen LogP) is 2.73. The van der Waals surface area contributed by atoms with Crippen molar-refractivity contribution in [3.63, 3.8) is 0 Å². The van der Waals surface area contributed by atoms with Crippen molar-refractivity contribution in [2.45, 2.75) is 6.92 Å². The first-order valence-corrected chi connectivity index (χ1v) is 5.78. The van der Waals surface area contributed by atoms with Crippen LogP contribution < -0.4 is 4.74 Å². The SMILES string of the molecule is COc1ccc(-c2nc(O)c(C(C)=O)s2)cc1. The van der Waals surface area contributed by atoms with Gasteiger partial charge in [-0.3, -0.25) is 4.79 Å². The van der Waals surface area contributed by atoms with Gasteiger partial charge in [0.05, 0.1) is 7.11 Å². The maximum absolute atomic E-state index is 11.2. The van der Waals surface area contributed by atoms with E-state index in [-0.39, 0.29) is 16.5 Å². The van der Waals surface area contributed by atoms with Gasteiger partial charge in [0, 0.05) is 12.5 Å². The Bertz CT molecular complexity index is 545. The number of nitrogens with zero attached hydrogens (tertiary/aromatic N) is 1. The fourth-order valence-electron chi connectivity index (χ4n) is 1.40. The van der Waals surface area contributed by atoms with E-state index in [1.54, 1.807) is 19.2 Å². The Balaban J connectivity index is 2.39. The Morgan fingerprint density at radius 3 is 2.47 bits per heavy atom. The van der Waals surface area contributed by atoms with Crippen molar-refractivity contribution >= 4 is 17.1 Å². The first-order chi connectivity index (χ1) is 8.11. The zero-order chi connectivity index (χ0) is 12.4. The molecule has 88 valence electrons. The normalized spacial score (nSPS) is 10.2. The quantitative estimate of drug-likeness (QED) is 0.850. The smallest absolute Gasteiger partial charge is 0.233 e. The third kappa shape index (κ3) is 2.29. The number of Topliss-reactive ketones (excluding diaryl/α,β-unsaturated/α-hetero) is 1. The Kier molecular flexibility index (Phi) is 3.10. The predicted molar refractivity (Wildman–Crippen MR) is 65.8 cm³/mol. The Morgan fingerprint density at radius 2 is 2.00 bits per heavy atom. The molecule has 0 saturated heterocycles. The molecule has 1 heterocycles. The summed E-state index contributed by atoms with van der Waals surface area (Å²) in [6, 6.07) is 7.28. The van der Waals surface area contributed by atoms with Gasteiger partial charge in [0.15, 0.2) is 5.78 Å². The van der Waals surface area contributed by atoms with Crippen LogP contribution in [0, 0.1) is 0 Å². The van der Waals surface area contributed by atoms with Crippen molar-refractivity contribution in [3.8, 4) is 22.2 Å². The second-order valence-electron chi connectivity index (χ2n) is 3.46. The number of thiazole rings is 1. The maximum atomic E-state index is 11.2. The van der Waals surface area contributed by atoms with Gasteiger partial charge >= 0.3 is 0 Å². The minimum atomic E-state index is -0.201. The lowest BCUT2D eigenvalue weighted by Gasteiger charge is -1.99. The van der Waals surface area contributed by atoms with Crippen LogP contribution in [0.1, 0.15) is 16.6 Å². The van der Waals surface area contributed by atoms with Gasteiger partial charge in [-0.25, -0.2) is 4.98 Å². The van der Waals surface area contributed by atoms with Gasteiger partial charge in [0.2, 0.25) is 5.88 Å². The Hall–Kier alpha value is -1.88. The van der Waals surface area contributed by atoms with Crippen LogP contribution >= 0.6 is 11.3 Å². The van der Waals surface area contributed by atoms with E-state index in [0.717, 1.165) is 11.3 Å². The first-order valence-electron chi connectivity index (χ1n) is 4.97. The number of aromatic nitrogens is 1. The number of ether oxygens (including phenoxy) is 1. The number of rotatable bonds is 3. The molecular weight excluding hydrogens is 238 g/mol. The van der Waals surface area contributed by atoms with Crippen LogP contribution in [0.5, 0.6) is 11.6 Å². The molecule has 0 atom stereocenters. The van der Waals surface area contributed by atoms with Gasteiger partial charge in [0.1, 0.15) is 15.6 Å². The molecule has 0 unspecified atom stereocenters. The van der Waals surface area contributed by atoms with Crippen LogP contribution in [0.4, 0.5) is 0 Å². The third-order valence-corrected chi connectivity index (χ3v) is 3.46. The molecule has 0 amide bonds. The summed E-state index contributed by atoms with van der Waals surface area (Å²) in [7, 11) is 1.60. The minimum Gasteiger partial charge on any atom is -0.497 e. The van der Waals surface area contributed by atoms with E-state index in [2.05, 4.69) is 4.98 Å². The standard InChI is InChI=1S/C12H11NO3S/c1-7(14)10-11(15)13-12(17-10)8-3-5-9(16-2)6-4-8/h3-6,15H,1-2H3. The van der Waals surface area contributed by atoms with Gasteiger partial charge in [0.25, 0.3) is 0 Å². The summed E-state index contributed by atoms with van der Waals surface area (Å²) >= 11 is 1.18. The number of carbonyl (C=O) groups excluding carboxylic acids is 1. The fourth-order valence-corrected chi connectivity index (χ4v) is 2.26. The topological polar surface area (TPSA) is 59.4 Å². The van der Waals surface area contributed by atoms with Crippen molar-refractivity contribution in [1.82, 2.24) is 4.98 Å². The summed E-state index contributed by atoms with van der Waals surface area (Å²) in [5.74, 6) is 0.370. The molecule has 0 bridgehead atoms. The number of methoxy groups -OCH3 is 1. The van der Waals surface area contributed by atoms with Crippen LogP contribution in [0.25, 0.3) is 10.6 Å². The molecule has 4 nitrogen and oxygen atoms in total. The van der Waals surface area contributed by atoms with Crippen molar-refractivity contribution in [2.24, 2.45) is 0 Å². The van der Waals surface area contributed by atoms with Crippen molar-refractivity contribution in [2.75, 3.05) is 7.11 Å². The molecule has 0 saturated carbocycles. The van der Waals surface area contributed by atoms with Crippen LogP contribution in [0.3, 0.4) is 0 Å². The highest BCUT2D eigenvalue weighted by Gasteiger charge is 2.14. The molecule has 2 aromatic rings. The first kappa shape index (κ1) is 11.6. The van der Waals surface area contributed by atoms with E-state index >= 15 is 0 Å². The fraction of sp³-hybridized carbons (Fsp3) is 0.167. The molecule has 0 spiro atoms. The lowest BCUT2D eigenvalue weighted by molar-refractivity contribution is 0.101. The van der Waals surface area contributed by atoms with Crippen LogP contribution in [-0.4, -0.2) is 23.0 Å². The molecule has 17 heavy (non-hydrogen) atoms. The van der Waals surface area contributed by atoms with E-state index in [9.17, 15) is 9.90 Å². The van der Waals surface area contributed by atoms with Crippen molar-refractivity contribution in [1.29, 1.82) is 0 Å². The molecule has 5 heteroatoms. The molecule has 1 aromatic carbocycles. The number of benzene rings is 1. The van der Waals surface area contributed by atoms with Gasteiger partial charge < -0.3 is 9.84 Å². The maximum Gasteiger partial charge on any atom is 0.233 e. The zero-order valence-corrected chi connectivity index (χ0v) is 10.2. The van der Waals surface area contributed by atoms with Crippen molar-refractivity contribution in [3.05, 3.63) is 29.1 Å². The number of aromatic hydroxyl groups is 1. The lowest BCUT2D eigenvalue weighted by Crippen LogP contribution is -1.85. The van der Waals surface area contributed by atoms with E-state index in [1.165, 1.54) is 18.3 Å². The molecule has 1 aromatic heterocycles. The second kappa shape index (κ2) is 4.55. The van der Waals surface area contributed by atoms with E-state index in [1.807, 2.05) is 12.1 Å². The minimum absolute atomic E-state index is 0.181. The van der Waals surface area contributed by atoms with Crippen LogP contribution in [0.2, 0.25) is 0 Å². The number of carbonyl (C=O) groups is 1. The summed E-state index contributed by atoms with van der Waals surface area (Å²) in [4.78, 5) is 15.5. The molecule has 0 aliphatic heterocycles. The molecular formula is C12H11NO3S. The molecule has 1 N–H and O–H groups in total. The van der Waals surface area contributed by atoms with E-state index < -0.39 is 0 Å². The number of hydrogen-bond acceptors (Lipinski definition) is 5. The van der Waals surface area contributed by atoms with Crippen LogP contribution in [-0.2, 0) is 0 Å². The molecule has 0 aliphatic carbocycles. The summed E-state index contributed by atoms with van der Waals surface area (Å²) in [5.41, 5.74) is 0.846. The average Bonchev–Trinajstić information content (AvgIpc) is 2.71. The summed E-state index contributed by atoms with van der Waals surface area (Å²) in [5, 5.41) is 10.1. The van der Waals surface area contributed by atoms with Gasteiger partial charge in [-0.2, -0.15) is 0 Å². The van der Waals surface area contributed by atoms with E-state index in [4.69, 9.17) is 4.74 Å². The van der Waals surface area contributed by atoms with Crippen LogP contribution in [0.15, 0.2) is 24.3 Å². The summed E-state index contributed by atoms with van der Waals surface area (Å²) in [6.45, 7) is 1.41. The number of hydrogen-bond donors (Lipinski definition) is 1. The average molecular weight is 249 g/mol. The highest BCUT2D eigenvalue weighted by atomic mass is 32.1. The van der Waals surface area contributed by atoms with E-state index in [0.29, 0.717) is 5.01 Å². The van der Waals surface area contributed by atoms with Crippen molar-refractivity contribution < 1.29 is 14.6 Å². The zero-order valence-electron chi connectivity index (χ0n) is 9.43. The second-order valence-corrected chi connectivity index (χ2v) is 4.46. The van der Waals surface area contributed by atoms with Gasteiger partial charge in [-0.15, -0.1) is 11.3 Å². The summed E-state index contributed by atoms with van der Waals surface area (Å²) in [6.07, 6.45) is 0. The highest BCUT2D eigenvalue weighted by Crippen LogP contribution is 2.32. The molecule has 2 rings (SSSR count). The van der Waals surface area contributed by atoms with Gasteiger partial charge in [-0.05, 0) is 24.3 Å². The van der Waals surface area contributed by atoms with Gasteiger partial charge in [-0.1, -0.05) is 0 Å². The third-order valence-electron chi connectivity index (χ3n) is 2.27. The molecule has 0 aliphatic rings. The summed E-state index contributed by atoms with van der Waals surface area (Å²) < 4.78 is 5.05. The number of ketones is 1. The monoisotopic (exact) mass is 249 g/mol. The highest BCUT2D eigenvalue weighted by molar-refractivity contribution is 7.17. The Morgan fingerprint density at radius 1 is 1.35 bits per heavy atom. The Labute approximate surface area is 103 Å². The molecule has 0 radical (unpaired) electrons.